The molecule has 1 aromatic heterocycles. The first kappa shape index (κ1) is 15.5. The first-order valence-corrected chi connectivity index (χ1v) is 8.68. The van der Waals surface area contributed by atoms with E-state index in [1.165, 1.54) is 12.8 Å². The number of amides is 1. The fourth-order valence-electron chi connectivity index (χ4n) is 3.75. The van der Waals surface area contributed by atoms with Gasteiger partial charge in [-0.05, 0) is 50.1 Å². The highest BCUT2D eigenvalue weighted by atomic mass is 16.2. The van der Waals surface area contributed by atoms with Crippen LogP contribution in [0.25, 0.3) is 0 Å². The molecule has 2 aliphatic heterocycles. The number of nitrogens with one attached hydrogen (secondary N) is 1. The maximum absolute atomic E-state index is 12.6. The summed E-state index contributed by atoms with van der Waals surface area (Å²) in [5, 5.41) is 7.94. The van der Waals surface area contributed by atoms with Gasteiger partial charge in [0.2, 0.25) is 0 Å². The second-order valence-corrected chi connectivity index (χ2v) is 7.22. The quantitative estimate of drug-likeness (QED) is 0.928. The van der Waals surface area contributed by atoms with E-state index in [9.17, 15) is 4.79 Å². The van der Waals surface area contributed by atoms with E-state index >= 15 is 0 Å². The molecule has 5 heteroatoms. The van der Waals surface area contributed by atoms with E-state index in [2.05, 4.69) is 24.3 Å². The van der Waals surface area contributed by atoms with E-state index in [1.54, 1.807) is 0 Å². The largest absolute Gasteiger partial charge is 0.337 e. The monoisotopic (exact) mass is 304 g/mol. The van der Waals surface area contributed by atoms with Gasteiger partial charge < -0.3 is 10.2 Å². The minimum Gasteiger partial charge on any atom is -0.337 e. The number of rotatable bonds is 4. The third-order valence-corrected chi connectivity index (χ3v) is 4.85. The van der Waals surface area contributed by atoms with Crippen molar-refractivity contribution in [2.45, 2.75) is 45.6 Å². The van der Waals surface area contributed by atoms with Gasteiger partial charge in [0.1, 0.15) is 5.69 Å². The average molecular weight is 304 g/mol. The van der Waals surface area contributed by atoms with Crippen LogP contribution in [0.5, 0.6) is 0 Å². The second kappa shape index (κ2) is 6.82. The molecule has 2 fully saturated rings. The van der Waals surface area contributed by atoms with Crippen molar-refractivity contribution in [1.82, 2.24) is 20.0 Å². The Morgan fingerprint density at radius 3 is 3.05 bits per heavy atom. The molecule has 0 aliphatic carbocycles. The number of nitrogens with zero attached hydrogens (tertiary/aromatic N) is 3. The van der Waals surface area contributed by atoms with Gasteiger partial charge in [-0.2, -0.15) is 5.10 Å². The van der Waals surface area contributed by atoms with Crippen LogP contribution in [0.2, 0.25) is 0 Å². The Kier molecular flexibility index (Phi) is 4.81. The molecule has 22 heavy (non-hydrogen) atoms. The van der Waals surface area contributed by atoms with Crippen molar-refractivity contribution in [2.75, 3.05) is 26.2 Å². The van der Waals surface area contributed by atoms with Crippen molar-refractivity contribution in [2.24, 2.45) is 11.8 Å². The predicted molar refractivity (Wildman–Crippen MR) is 86.8 cm³/mol. The van der Waals surface area contributed by atoms with Crippen molar-refractivity contribution < 1.29 is 4.79 Å². The van der Waals surface area contributed by atoms with E-state index in [1.807, 2.05) is 21.8 Å². The minimum atomic E-state index is 0.105. The lowest BCUT2D eigenvalue weighted by molar-refractivity contribution is 0.0778. The zero-order valence-electron chi connectivity index (χ0n) is 13.8. The Hall–Kier alpha value is -1.36. The fraction of sp³-hybridized carbons (Fsp3) is 0.765. The van der Waals surface area contributed by atoms with Crippen LogP contribution in [-0.2, 0) is 0 Å². The molecule has 0 saturated carbocycles. The lowest BCUT2D eigenvalue weighted by atomic mass is 9.97. The normalized spacial score (nSPS) is 25.9. The molecule has 2 saturated heterocycles. The molecule has 1 amide bonds. The van der Waals surface area contributed by atoms with Gasteiger partial charge in [0.25, 0.3) is 5.91 Å². The van der Waals surface area contributed by atoms with Crippen LogP contribution in [-0.4, -0.2) is 46.8 Å². The molecule has 0 radical (unpaired) electrons. The summed E-state index contributed by atoms with van der Waals surface area (Å²) in [7, 11) is 0. The standard InChI is InChI=1S/C17H28N4O/c1-13(2)10-14-5-8-20(12-14)17(22)16-6-9-21(19-16)15-4-3-7-18-11-15/h6,9,13-15,18H,3-5,7-8,10-12H2,1-2H3. The van der Waals surface area contributed by atoms with Crippen molar-refractivity contribution >= 4 is 5.91 Å². The molecule has 2 atom stereocenters. The van der Waals surface area contributed by atoms with Gasteiger partial charge in [0.15, 0.2) is 0 Å². The van der Waals surface area contributed by atoms with E-state index in [0.29, 0.717) is 23.6 Å². The topological polar surface area (TPSA) is 50.2 Å². The van der Waals surface area contributed by atoms with Gasteiger partial charge in [-0.1, -0.05) is 13.8 Å². The summed E-state index contributed by atoms with van der Waals surface area (Å²) < 4.78 is 1.97. The van der Waals surface area contributed by atoms with Gasteiger partial charge in [-0.25, -0.2) is 0 Å². The molecule has 0 spiro atoms. The smallest absolute Gasteiger partial charge is 0.274 e. The first-order chi connectivity index (χ1) is 10.6. The summed E-state index contributed by atoms with van der Waals surface area (Å²) in [6.45, 7) is 8.34. The molecule has 122 valence electrons. The average Bonchev–Trinajstić information content (AvgIpc) is 3.16. The SMILES string of the molecule is CC(C)CC1CCN(C(=O)c2ccn(C3CCCNC3)n2)C1. The molecule has 3 heterocycles. The van der Waals surface area contributed by atoms with E-state index in [-0.39, 0.29) is 5.91 Å². The maximum Gasteiger partial charge on any atom is 0.274 e. The predicted octanol–water partition coefficient (Wildman–Crippen LogP) is 2.32. The summed E-state index contributed by atoms with van der Waals surface area (Å²) in [5.74, 6) is 1.47. The number of hydrogen-bond acceptors (Lipinski definition) is 3. The van der Waals surface area contributed by atoms with Crippen LogP contribution in [0.4, 0.5) is 0 Å². The summed E-state index contributed by atoms with van der Waals surface area (Å²) >= 11 is 0. The van der Waals surface area contributed by atoms with Gasteiger partial charge in [-0.15, -0.1) is 0 Å². The van der Waals surface area contributed by atoms with E-state index < -0.39 is 0 Å². The van der Waals surface area contributed by atoms with Crippen molar-refractivity contribution in [3.05, 3.63) is 18.0 Å². The number of carbonyl (C=O) groups is 1. The molecular weight excluding hydrogens is 276 g/mol. The second-order valence-electron chi connectivity index (χ2n) is 7.22. The molecule has 1 N–H and O–H groups in total. The number of carbonyl (C=O) groups excluding carboxylic acids is 1. The first-order valence-electron chi connectivity index (χ1n) is 8.68. The van der Waals surface area contributed by atoms with Gasteiger partial charge in [0.05, 0.1) is 6.04 Å². The van der Waals surface area contributed by atoms with Crippen LogP contribution >= 0.6 is 0 Å². The van der Waals surface area contributed by atoms with Gasteiger partial charge in [0, 0.05) is 25.8 Å². The zero-order valence-corrected chi connectivity index (χ0v) is 13.8. The highest BCUT2D eigenvalue weighted by Gasteiger charge is 2.28. The third-order valence-electron chi connectivity index (χ3n) is 4.85. The highest BCUT2D eigenvalue weighted by Crippen LogP contribution is 2.24. The third kappa shape index (κ3) is 3.51. The van der Waals surface area contributed by atoms with Crippen LogP contribution in [0.3, 0.4) is 0 Å². The lowest BCUT2D eigenvalue weighted by Gasteiger charge is -2.23. The summed E-state index contributed by atoms with van der Waals surface area (Å²) in [5.41, 5.74) is 0.607. The van der Waals surface area contributed by atoms with E-state index in [0.717, 1.165) is 39.0 Å². The van der Waals surface area contributed by atoms with E-state index in [4.69, 9.17) is 0 Å². The summed E-state index contributed by atoms with van der Waals surface area (Å²) in [6.07, 6.45) is 6.63. The molecular formula is C17H28N4O. The molecule has 3 rings (SSSR count). The van der Waals surface area contributed by atoms with Gasteiger partial charge >= 0.3 is 0 Å². The van der Waals surface area contributed by atoms with Crippen LogP contribution < -0.4 is 5.32 Å². The number of likely N-dealkylation sites (tertiary alicyclic amines) is 1. The number of hydrogen-bond donors (Lipinski definition) is 1. The number of aromatic nitrogens is 2. The molecule has 5 nitrogen and oxygen atoms in total. The maximum atomic E-state index is 12.6. The molecule has 1 aromatic rings. The molecule has 0 bridgehead atoms. The van der Waals surface area contributed by atoms with Crippen molar-refractivity contribution in [3.8, 4) is 0 Å². The Morgan fingerprint density at radius 2 is 2.32 bits per heavy atom. The zero-order chi connectivity index (χ0) is 15.5. The molecule has 0 aromatic carbocycles. The lowest BCUT2D eigenvalue weighted by Crippen LogP contribution is -2.32. The van der Waals surface area contributed by atoms with Gasteiger partial charge in [-0.3, -0.25) is 9.48 Å². The Morgan fingerprint density at radius 1 is 1.45 bits per heavy atom. The highest BCUT2D eigenvalue weighted by molar-refractivity contribution is 5.92. The minimum absolute atomic E-state index is 0.105. The summed E-state index contributed by atoms with van der Waals surface area (Å²) in [4.78, 5) is 14.6. The fourth-order valence-corrected chi connectivity index (χ4v) is 3.75. The van der Waals surface area contributed by atoms with Crippen LogP contribution in [0, 0.1) is 11.8 Å². The Bertz CT molecular complexity index is 505. The van der Waals surface area contributed by atoms with Crippen molar-refractivity contribution in [3.63, 3.8) is 0 Å². The Balaban J connectivity index is 1.60. The summed E-state index contributed by atoms with van der Waals surface area (Å²) in [6, 6.07) is 2.27. The molecule has 2 aliphatic rings. The van der Waals surface area contributed by atoms with Crippen molar-refractivity contribution in [1.29, 1.82) is 0 Å². The number of piperidine rings is 1. The Labute approximate surface area is 133 Å². The van der Waals surface area contributed by atoms with Crippen LogP contribution in [0.1, 0.15) is 56.1 Å². The molecule has 2 unspecified atom stereocenters. The van der Waals surface area contributed by atoms with Crippen LogP contribution in [0.15, 0.2) is 12.3 Å².